The number of hydrogen-bond acceptors (Lipinski definition) is 7. The Morgan fingerprint density at radius 1 is 1.11 bits per heavy atom. The van der Waals surface area contributed by atoms with Crippen LogP contribution in [0.2, 0.25) is 0 Å². The van der Waals surface area contributed by atoms with Crippen molar-refractivity contribution in [3.8, 4) is 5.75 Å². The van der Waals surface area contributed by atoms with E-state index in [1.807, 2.05) is 12.1 Å². The molecule has 2 fully saturated rings. The smallest absolute Gasteiger partial charge is 0.258 e. The number of nitrogens with one attached hydrogen (secondary N) is 2. The first-order valence-corrected chi connectivity index (χ1v) is 15.4. The summed E-state index contributed by atoms with van der Waals surface area (Å²) in [5, 5.41) is 2.99. The Morgan fingerprint density at radius 3 is 2.61 bits per heavy atom. The Hall–Kier alpha value is -2.21. The molecule has 11 heteroatoms. The molecular formula is C27H42N4O6S. The molecule has 10 nitrogen and oxygen atoms in total. The number of sulfonamides is 1. The number of rotatable bonds is 4. The molecule has 4 rings (SSSR count). The van der Waals surface area contributed by atoms with Crippen LogP contribution < -0.4 is 14.8 Å². The van der Waals surface area contributed by atoms with Gasteiger partial charge in [0.2, 0.25) is 15.9 Å². The first kappa shape index (κ1) is 28.8. The third kappa shape index (κ3) is 7.68. The molecule has 0 aliphatic carbocycles. The lowest BCUT2D eigenvalue weighted by atomic mass is 9.92. The van der Waals surface area contributed by atoms with Crippen molar-refractivity contribution < 1.29 is 27.5 Å². The lowest BCUT2D eigenvalue weighted by molar-refractivity contribution is -0.129. The van der Waals surface area contributed by atoms with Gasteiger partial charge < -0.3 is 19.7 Å². The van der Waals surface area contributed by atoms with Gasteiger partial charge in [-0.2, -0.15) is 0 Å². The zero-order valence-corrected chi connectivity index (χ0v) is 23.8. The quantitative estimate of drug-likeness (QED) is 0.585. The van der Waals surface area contributed by atoms with Crippen LogP contribution in [0.5, 0.6) is 5.75 Å². The van der Waals surface area contributed by atoms with Gasteiger partial charge in [0.15, 0.2) is 0 Å². The van der Waals surface area contributed by atoms with Gasteiger partial charge in [-0.25, -0.2) is 13.1 Å². The average molecular weight is 551 g/mol. The van der Waals surface area contributed by atoms with Gasteiger partial charge in [0, 0.05) is 38.6 Å². The molecule has 4 atom stereocenters. The van der Waals surface area contributed by atoms with Gasteiger partial charge in [0.25, 0.3) is 5.91 Å². The average Bonchev–Trinajstić information content (AvgIpc) is 2.85. The Morgan fingerprint density at radius 2 is 1.87 bits per heavy atom. The Balaban J connectivity index is 1.60. The lowest BCUT2D eigenvalue weighted by Crippen LogP contribution is -2.62. The summed E-state index contributed by atoms with van der Waals surface area (Å²) in [5.74, 6) is 0.00676. The van der Waals surface area contributed by atoms with Crippen molar-refractivity contribution in [1.29, 1.82) is 0 Å². The summed E-state index contributed by atoms with van der Waals surface area (Å²) in [7, 11) is -3.45. The molecular weight excluding hydrogens is 508 g/mol. The third-order valence-electron chi connectivity index (χ3n) is 7.48. The van der Waals surface area contributed by atoms with E-state index in [4.69, 9.17) is 9.47 Å². The minimum Gasteiger partial charge on any atom is -0.493 e. The van der Waals surface area contributed by atoms with Crippen molar-refractivity contribution in [3.63, 3.8) is 0 Å². The molecule has 0 unspecified atom stereocenters. The molecule has 3 heterocycles. The monoisotopic (exact) mass is 550 g/mol. The predicted octanol–water partition coefficient (Wildman–Crippen LogP) is 1.61. The summed E-state index contributed by atoms with van der Waals surface area (Å²) in [5.41, 5.74) is 0.607. The highest BCUT2D eigenvalue weighted by atomic mass is 32.2. The van der Waals surface area contributed by atoms with E-state index in [1.165, 1.54) is 0 Å². The fourth-order valence-electron chi connectivity index (χ4n) is 5.32. The largest absolute Gasteiger partial charge is 0.493 e. The molecule has 3 aliphatic rings. The van der Waals surface area contributed by atoms with Crippen LogP contribution in [-0.2, 0) is 19.6 Å². The normalized spacial score (nSPS) is 27.9. The Bertz CT molecular complexity index is 1110. The van der Waals surface area contributed by atoms with E-state index in [2.05, 4.69) is 35.7 Å². The fraction of sp³-hybridized carbons (Fsp3) is 0.704. The second-order valence-electron chi connectivity index (χ2n) is 11.9. The molecule has 38 heavy (non-hydrogen) atoms. The van der Waals surface area contributed by atoms with E-state index in [9.17, 15) is 18.0 Å². The summed E-state index contributed by atoms with van der Waals surface area (Å²) in [6.07, 6.45) is 3.30. The summed E-state index contributed by atoms with van der Waals surface area (Å²) in [4.78, 5) is 31.3. The van der Waals surface area contributed by atoms with E-state index in [0.29, 0.717) is 56.8 Å². The Kier molecular flexibility index (Phi) is 9.01. The van der Waals surface area contributed by atoms with E-state index < -0.39 is 28.2 Å². The van der Waals surface area contributed by atoms with Crippen LogP contribution in [0.15, 0.2) is 24.3 Å². The summed E-state index contributed by atoms with van der Waals surface area (Å²) in [6, 6.07) is 6.04. The lowest BCUT2D eigenvalue weighted by Gasteiger charge is -2.42. The number of carbonyl (C=O) groups excluding carboxylic acids is 2. The van der Waals surface area contributed by atoms with Gasteiger partial charge >= 0.3 is 0 Å². The predicted molar refractivity (Wildman–Crippen MR) is 145 cm³/mol. The highest BCUT2D eigenvalue weighted by Gasteiger charge is 2.39. The number of para-hydroxylation sites is 1. The maximum absolute atomic E-state index is 13.8. The van der Waals surface area contributed by atoms with Crippen LogP contribution in [0.4, 0.5) is 0 Å². The topological polar surface area (TPSA) is 117 Å². The minimum atomic E-state index is -3.45. The number of amides is 2. The van der Waals surface area contributed by atoms with Crippen LogP contribution in [0, 0.1) is 5.41 Å². The summed E-state index contributed by atoms with van der Waals surface area (Å²) < 4.78 is 38.9. The van der Waals surface area contributed by atoms with Gasteiger partial charge in [-0.1, -0.05) is 32.9 Å². The van der Waals surface area contributed by atoms with Gasteiger partial charge in [-0.05, 0) is 43.4 Å². The Labute approximate surface area is 226 Å². The molecule has 0 spiro atoms. The van der Waals surface area contributed by atoms with E-state index in [1.54, 1.807) is 17.0 Å². The molecule has 3 aliphatic heterocycles. The minimum absolute atomic E-state index is 0.139. The third-order valence-corrected chi connectivity index (χ3v) is 8.21. The van der Waals surface area contributed by atoms with Crippen molar-refractivity contribution in [2.45, 2.75) is 70.7 Å². The summed E-state index contributed by atoms with van der Waals surface area (Å²) in [6.45, 7) is 9.46. The number of ether oxygens (including phenoxy) is 2. The molecule has 2 bridgehead atoms. The van der Waals surface area contributed by atoms with E-state index in [0.717, 1.165) is 19.2 Å². The molecule has 0 saturated carbocycles. The summed E-state index contributed by atoms with van der Waals surface area (Å²) >= 11 is 0. The van der Waals surface area contributed by atoms with Crippen molar-refractivity contribution in [2.24, 2.45) is 5.41 Å². The molecule has 1 aromatic rings. The fourth-order valence-corrected chi connectivity index (χ4v) is 6.14. The second-order valence-corrected chi connectivity index (χ2v) is 13.7. The zero-order chi connectivity index (χ0) is 27.5. The van der Waals surface area contributed by atoms with Crippen molar-refractivity contribution in [3.05, 3.63) is 29.8 Å². The van der Waals surface area contributed by atoms with Crippen LogP contribution in [0.25, 0.3) is 0 Å². The molecule has 1 aromatic carbocycles. The first-order chi connectivity index (χ1) is 17.9. The second kappa shape index (κ2) is 11.9. The van der Waals surface area contributed by atoms with Gasteiger partial charge in [-0.3, -0.25) is 14.5 Å². The molecule has 2 saturated heterocycles. The van der Waals surface area contributed by atoms with Crippen LogP contribution in [0.1, 0.15) is 56.8 Å². The van der Waals surface area contributed by atoms with Crippen molar-refractivity contribution >= 4 is 21.8 Å². The van der Waals surface area contributed by atoms with Gasteiger partial charge in [-0.15, -0.1) is 0 Å². The molecule has 0 radical (unpaired) electrons. The van der Waals surface area contributed by atoms with Gasteiger partial charge in [0.1, 0.15) is 11.8 Å². The molecule has 2 amide bonds. The number of benzene rings is 1. The number of hydrogen-bond donors (Lipinski definition) is 2. The highest BCUT2D eigenvalue weighted by Crippen LogP contribution is 2.27. The van der Waals surface area contributed by atoms with Crippen LogP contribution >= 0.6 is 0 Å². The van der Waals surface area contributed by atoms with E-state index >= 15 is 0 Å². The number of piperazine rings is 1. The SMILES string of the molecule is CC(C)(C)CCN1CCN2C(=O)c3ccccc3OCC[C@@H]3CC[C@@H](NS(C)(=O)=O)[C@@H](CNC(=O)[C@@H]2C1)O3. The van der Waals surface area contributed by atoms with Crippen LogP contribution in [0.3, 0.4) is 0 Å². The molecule has 212 valence electrons. The number of fused-ring (bicyclic) bond motifs is 4. The highest BCUT2D eigenvalue weighted by molar-refractivity contribution is 7.88. The maximum Gasteiger partial charge on any atom is 0.258 e. The molecule has 2 N–H and O–H groups in total. The number of carbonyl (C=O) groups is 2. The van der Waals surface area contributed by atoms with Crippen LogP contribution in [-0.4, -0.2) is 99.9 Å². The van der Waals surface area contributed by atoms with Crippen molar-refractivity contribution in [2.75, 3.05) is 45.6 Å². The first-order valence-electron chi connectivity index (χ1n) is 13.6. The van der Waals surface area contributed by atoms with Gasteiger partial charge in [0.05, 0.1) is 30.6 Å². The maximum atomic E-state index is 13.8. The molecule has 0 aromatic heterocycles. The van der Waals surface area contributed by atoms with E-state index in [-0.39, 0.29) is 29.9 Å². The standard InChI is InChI=1S/C27H42N4O6S/c1-27(2,3)12-13-30-14-15-31-22(18-30)25(32)28-17-24-21(29-38(4,34)35)10-9-19(37-24)11-16-36-23-8-6-5-7-20(23)26(31)33/h5-8,19,21-22,24,29H,9-18H2,1-4H3,(H,28,32)/t19-,21+,22-,24+/m0/s1. The number of nitrogens with zero attached hydrogens (tertiary/aromatic N) is 2. The van der Waals surface area contributed by atoms with Crippen molar-refractivity contribution in [1.82, 2.24) is 19.8 Å². The zero-order valence-electron chi connectivity index (χ0n) is 22.9.